The summed E-state index contributed by atoms with van der Waals surface area (Å²) >= 11 is 1.98. The number of rotatable bonds is 13. The SMILES string of the molecule is CCOC(=O)c1sc(NC(=O)[C@H](C)Sc2nnc(CNC(=O)c3cccc(OC)c3)n2-c2ccc(F)cc2)c(C(=O)OCC)c1C. The number of thioether (sulfide) groups is 1. The van der Waals surface area contributed by atoms with Gasteiger partial charge in [0.2, 0.25) is 5.91 Å². The summed E-state index contributed by atoms with van der Waals surface area (Å²) in [6.45, 7) is 6.74. The molecule has 2 amide bonds. The zero-order valence-corrected chi connectivity index (χ0v) is 27.3. The summed E-state index contributed by atoms with van der Waals surface area (Å²) in [5.41, 5.74) is 1.30. The minimum Gasteiger partial charge on any atom is -0.497 e. The van der Waals surface area contributed by atoms with Gasteiger partial charge < -0.3 is 24.8 Å². The number of nitrogens with one attached hydrogen (secondary N) is 2. The van der Waals surface area contributed by atoms with Gasteiger partial charge >= 0.3 is 11.9 Å². The van der Waals surface area contributed by atoms with Crippen molar-refractivity contribution in [3.8, 4) is 11.4 Å². The molecular formula is C31H32FN5O7S2. The van der Waals surface area contributed by atoms with Crippen molar-refractivity contribution in [1.29, 1.82) is 0 Å². The van der Waals surface area contributed by atoms with Crippen molar-refractivity contribution in [2.24, 2.45) is 0 Å². The third kappa shape index (κ3) is 7.90. The number of aromatic nitrogens is 3. The van der Waals surface area contributed by atoms with Crippen LogP contribution in [0.2, 0.25) is 0 Å². The number of esters is 2. The van der Waals surface area contributed by atoms with Gasteiger partial charge in [0.05, 0.1) is 37.7 Å². The first-order chi connectivity index (χ1) is 22.1. The minimum absolute atomic E-state index is 0.0322. The number of carbonyl (C=O) groups excluding carboxylic acids is 4. The lowest BCUT2D eigenvalue weighted by molar-refractivity contribution is -0.115. The second-order valence-corrected chi connectivity index (χ2v) is 11.9. The zero-order valence-electron chi connectivity index (χ0n) is 25.7. The Hall–Kier alpha value is -4.76. The number of ether oxygens (including phenoxy) is 3. The number of hydrogen-bond donors (Lipinski definition) is 2. The van der Waals surface area contributed by atoms with Gasteiger partial charge in [-0.2, -0.15) is 0 Å². The highest BCUT2D eigenvalue weighted by atomic mass is 32.2. The average Bonchev–Trinajstić information content (AvgIpc) is 3.60. The first kappa shape index (κ1) is 34.1. The second-order valence-electron chi connectivity index (χ2n) is 9.58. The molecule has 0 aliphatic carbocycles. The topological polar surface area (TPSA) is 151 Å². The Bertz CT molecular complexity index is 1740. The monoisotopic (exact) mass is 669 g/mol. The Kier molecular flexibility index (Phi) is 11.5. The third-order valence-electron chi connectivity index (χ3n) is 6.50. The van der Waals surface area contributed by atoms with Gasteiger partial charge in [-0.05, 0) is 75.7 Å². The van der Waals surface area contributed by atoms with Gasteiger partial charge in [0.25, 0.3) is 5.91 Å². The van der Waals surface area contributed by atoms with E-state index in [4.69, 9.17) is 14.2 Å². The van der Waals surface area contributed by atoms with E-state index in [0.717, 1.165) is 23.1 Å². The number of anilines is 1. The van der Waals surface area contributed by atoms with Crippen LogP contribution in [0.1, 0.15) is 62.5 Å². The van der Waals surface area contributed by atoms with Crippen molar-refractivity contribution < 1.29 is 37.8 Å². The van der Waals surface area contributed by atoms with Gasteiger partial charge in [-0.25, -0.2) is 14.0 Å². The van der Waals surface area contributed by atoms with E-state index in [1.807, 2.05) is 0 Å². The maximum Gasteiger partial charge on any atom is 0.348 e. The largest absolute Gasteiger partial charge is 0.497 e. The summed E-state index contributed by atoms with van der Waals surface area (Å²) in [5, 5.41) is 13.7. The fourth-order valence-corrected chi connectivity index (χ4v) is 6.21. The van der Waals surface area contributed by atoms with E-state index >= 15 is 0 Å². The first-order valence-corrected chi connectivity index (χ1v) is 15.8. The third-order valence-corrected chi connectivity index (χ3v) is 8.73. The van der Waals surface area contributed by atoms with Gasteiger partial charge in [0.1, 0.15) is 21.4 Å². The van der Waals surface area contributed by atoms with Crippen LogP contribution >= 0.6 is 23.1 Å². The van der Waals surface area contributed by atoms with Crippen molar-refractivity contribution in [2.45, 2.75) is 44.6 Å². The molecule has 2 heterocycles. The first-order valence-electron chi connectivity index (χ1n) is 14.1. The number of benzene rings is 2. The molecule has 0 aliphatic rings. The number of methoxy groups -OCH3 is 1. The van der Waals surface area contributed by atoms with E-state index in [9.17, 15) is 23.6 Å². The van der Waals surface area contributed by atoms with Gasteiger partial charge in [-0.3, -0.25) is 14.2 Å². The maximum absolute atomic E-state index is 13.8. The fourth-order valence-electron chi connectivity index (χ4n) is 4.23. The standard InChI is InChI=1S/C31H32FN5O7S2/c1-6-43-29(40)24-17(3)25(30(41)44-7-2)46-28(24)34-26(38)18(4)45-31-36-35-23(37(31)21-13-11-20(32)12-14-21)16-33-27(39)19-9-8-10-22(15-19)42-5/h8-15,18H,6-7,16H2,1-5H3,(H,33,39)(H,34,38)/t18-/m0/s1. The fraction of sp³-hybridized carbons (Fsp3) is 0.290. The average molecular weight is 670 g/mol. The predicted octanol–water partition coefficient (Wildman–Crippen LogP) is 5.19. The van der Waals surface area contributed by atoms with Crippen LogP contribution in [0.25, 0.3) is 5.69 Å². The summed E-state index contributed by atoms with van der Waals surface area (Å²) in [5.74, 6) is -1.75. The molecule has 2 N–H and O–H groups in total. The van der Waals surface area contributed by atoms with Crippen LogP contribution in [0.4, 0.5) is 9.39 Å². The van der Waals surface area contributed by atoms with Gasteiger partial charge in [0, 0.05) is 11.3 Å². The Labute approximate surface area is 272 Å². The molecule has 2 aromatic heterocycles. The van der Waals surface area contributed by atoms with Crippen molar-refractivity contribution in [2.75, 3.05) is 25.6 Å². The van der Waals surface area contributed by atoms with E-state index < -0.39 is 28.9 Å². The Morgan fingerprint density at radius 1 is 1.02 bits per heavy atom. The van der Waals surface area contributed by atoms with E-state index in [1.54, 1.807) is 56.5 Å². The molecule has 1 atom stereocenters. The number of thiophene rings is 1. The molecule has 242 valence electrons. The molecule has 4 aromatic rings. The van der Waals surface area contributed by atoms with E-state index in [2.05, 4.69) is 20.8 Å². The van der Waals surface area contributed by atoms with Crippen molar-refractivity contribution in [3.63, 3.8) is 0 Å². The van der Waals surface area contributed by atoms with Gasteiger partial charge in [-0.1, -0.05) is 17.8 Å². The zero-order chi connectivity index (χ0) is 33.4. The summed E-state index contributed by atoms with van der Waals surface area (Å²) in [4.78, 5) is 51.7. The van der Waals surface area contributed by atoms with Gasteiger partial charge in [-0.15, -0.1) is 21.5 Å². The molecule has 0 aliphatic heterocycles. The van der Waals surface area contributed by atoms with Crippen LogP contribution in [0.3, 0.4) is 0 Å². The molecule has 0 radical (unpaired) electrons. The lowest BCUT2D eigenvalue weighted by Gasteiger charge is -2.14. The van der Waals surface area contributed by atoms with Crippen molar-refractivity contribution >= 4 is 51.9 Å². The van der Waals surface area contributed by atoms with Crippen LogP contribution < -0.4 is 15.4 Å². The molecular weight excluding hydrogens is 638 g/mol. The normalized spacial score (nSPS) is 11.4. The lowest BCUT2D eigenvalue weighted by Crippen LogP contribution is -2.25. The van der Waals surface area contributed by atoms with Crippen LogP contribution in [0, 0.1) is 12.7 Å². The number of carbonyl (C=O) groups is 4. The molecule has 15 heteroatoms. The molecule has 4 rings (SSSR count). The smallest absolute Gasteiger partial charge is 0.348 e. The molecule has 0 spiro atoms. The van der Waals surface area contributed by atoms with Crippen LogP contribution in [-0.2, 0) is 20.8 Å². The second kappa shape index (κ2) is 15.5. The van der Waals surface area contributed by atoms with Crippen LogP contribution in [0.15, 0.2) is 53.7 Å². The van der Waals surface area contributed by atoms with E-state index in [1.165, 1.54) is 31.4 Å². The molecule has 0 fully saturated rings. The molecule has 0 bridgehead atoms. The number of halogens is 1. The van der Waals surface area contributed by atoms with E-state index in [-0.39, 0.29) is 41.1 Å². The maximum atomic E-state index is 13.8. The molecule has 0 saturated carbocycles. The van der Waals surface area contributed by atoms with Gasteiger partial charge in [0.15, 0.2) is 11.0 Å². The summed E-state index contributed by atoms with van der Waals surface area (Å²) < 4.78 is 30.9. The summed E-state index contributed by atoms with van der Waals surface area (Å²) in [6.07, 6.45) is 0. The Balaban J connectivity index is 1.58. The number of nitrogens with zero attached hydrogens (tertiary/aromatic N) is 3. The molecule has 46 heavy (non-hydrogen) atoms. The minimum atomic E-state index is -0.786. The molecule has 0 saturated heterocycles. The number of hydrogen-bond acceptors (Lipinski definition) is 11. The Morgan fingerprint density at radius 2 is 1.72 bits per heavy atom. The molecule has 0 unspecified atom stereocenters. The highest BCUT2D eigenvalue weighted by Gasteiger charge is 2.29. The molecule has 2 aromatic carbocycles. The quantitative estimate of drug-likeness (QED) is 0.144. The highest BCUT2D eigenvalue weighted by molar-refractivity contribution is 8.00. The molecule has 12 nitrogen and oxygen atoms in total. The van der Waals surface area contributed by atoms with Crippen molar-refractivity contribution in [1.82, 2.24) is 20.1 Å². The van der Waals surface area contributed by atoms with Crippen LogP contribution in [-0.4, -0.2) is 64.1 Å². The number of amides is 2. The van der Waals surface area contributed by atoms with Crippen molar-refractivity contribution in [3.05, 3.63) is 81.7 Å². The summed E-state index contributed by atoms with van der Waals surface area (Å²) in [7, 11) is 1.50. The Morgan fingerprint density at radius 3 is 2.39 bits per heavy atom. The summed E-state index contributed by atoms with van der Waals surface area (Å²) in [6, 6.07) is 12.3. The van der Waals surface area contributed by atoms with E-state index in [0.29, 0.717) is 33.5 Å². The highest BCUT2D eigenvalue weighted by Crippen LogP contribution is 2.35. The van der Waals surface area contributed by atoms with Crippen LogP contribution in [0.5, 0.6) is 5.75 Å². The lowest BCUT2D eigenvalue weighted by atomic mass is 10.1. The predicted molar refractivity (Wildman–Crippen MR) is 170 cm³/mol.